The van der Waals surface area contributed by atoms with Crippen molar-refractivity contribution in [3.8, 4) is 5.75 Å². The predicted molar refractivity (Wildman–Crippen MR) is 73.7 cm³/mol. The first-order chi connectivity index (χ1) is 9.62. The van der Waals surface area contributed by atoms with E-state index in [9.17, 15) is 9.90 Å². The number of unbranched alkanes of at least 4 members (excludes halogenated alkanes) is 3. The Labute approximate surface area is 123 Å². The van der Waals surface area contributed by atoms with Crippen molar-refractivity contribution in [3.63, 3.8) is 0 Å². The Morgan fingerprint density at radius 3 is 2.50 bits per heavy atom. The van der Waals surface area contributed by atoms with E-state index >= 15 is 0 Å². The zero-order valence-corrected chi connectivity index (χ0v) is 12.0. The van der Waals surface area contributed by atoms with E-state index in [2.05, 4.69) is 0 Å². The Morgan fingerprint density at radius 1 is 1.25 bits per heavy atom. The molecule has 0 N–H and O–H groups in total. The number of epoxide rings is 1. The van der Waals surface area contributed by atoms with Gasteiger partial charge in [-0.25, -0.2) is 0 Å². The van der Waals surface area contributed by atoms with E-state index in [4.69, 9.17) is 21.1 Å². The average molecular weight is 298 g/mol. The number of halogens is 1. The van der Waals surface area contributed by atoms with Crippen molar-refractivity contribution in [3.05, 3.63) is 29.3 Å². The van der Waals surface area contributed by atoms with Crippen molar-refractivity contribution in [2.75, 3.05) is 13.2 Å². The lowest BCUT2D eigenvalue weighted by Crippen LogP contribution is -2.38. The van der Waals surface area contributed by atoms with Crippen molar-refractivity contribution in [1.82, 2.24) is 0 Å². The molecule has 20 heavy (non-hydrogen) atoms. The first kappa shape index (κ1) is 15.1. The summed E-state index contributed by atoms with van der Waals surface area (Å²) in [6, 6.07) is 7.28. The molecule has 1 aromatic carbocycles. The predicted octanol–water partition coefficient (Wildman–Crippen LogP) is 2.19. The number of hydrogen-bond donors (Lipinski definition) is 0. The molecular weight excluding hydrogens is 280 g/mol. The molecule has 0 saturated carbocycles. The molecule has 1 atom stereocenters. The molecule has 0 bridgehead atoms. The second-order valence-electron chi connectivity index (χ2n) is 5.04. The van der Waals surface area contributed by atoms with Gasteiger partial charge in [-0.15, -0.1) is 0 Å². The fourth-order valence-electron chi connectivity index (χ4n) is 2.04. The molecule has 1 heterocycles. The summed E-state index contributed by atoms with van der Waals surface area (Å²) < 4.78 is 10.5. The molecule has 1 aliphatic heterocycles. The fourth-order valence-corrected chi connectivity index (χ4v) is 2.16. The average Bonchev–Trinajstić information content (AvgIpc) is 3.21. The summed E-state index contributed by atoms with van der Waals surface area (Å²) in [5, 5.41) is 11.5. The number of hydrogen-bond acceptors (Lipinski definition) is 4. The maximum Gasteiger partial charge on any atom is 0.131 e. The van der Waals surface area contributed by atoms with Crippen LogP contribution in [0.3, 0.4) is 0 Å². The normalized spacial score (nSPS) is 20.6. The van der Waals surface area contributed by atoms with Crippen LogP contribution in [0.25, 0.3) is 0 Å². The van der Waals surface area contributed by atoms with Crippen LogP contribution >= 0.6 is 11.6 Å². The van der Waals surface area contributed by atoms with Crippen LogP contribution in [-0.4, -0.2) is 24.8 Å². The van der Waals surface area contributed by atoms with Crippen LogP contribution < -0.4 is 9.84 Å². The van der Waals surface area contributed by atoms with Crippen LogP contribution in [0.15, 0.2) is 24.3 Å². The van der Waals surface area contributed by atoms with Crippen LogP contribution in [-0.2, 0) is 9.53 Å². The van der Waals surface area contributed by atoms with E-state index in [1.165, 1.54) is 0 Å². The summed E-state index contributed by atoms with van der Waals surface area (Å²) in [7, 11) is 0. The lowest BCUT2D eigenvalue weighted by Gasteiger charge is -2.12. The minimum absolute atomic E-state index is 0.301. The van der Waals surface area contributed by atoms with Crippen LogP contribution in [0.4, 0.5) is 0 Å². The number of carboxylic acid groups (broad SMARTS) is 1. The highest BCUT2D eigenvalue weighted by Gasteiger charge is 2.45. The van der Waals surface area contributed by atoms with Crippen molar-refractivity contribution in [2.24, 2.45) is 0 Å². The third kappa shape index (κ3) is 4.39. The van der Waals surface area contributed by atoms with Gasteiger partial charge in [0.1, 0.15) is 11.4 Å². The van der Waals surface area contributed by atoms with E-state index in [1.807, 2.05) is 12.1 Å². The van der Waals surface area contributed by atoms with E-state index in [0.717, 1.165) is 31.4 Å². The Balaban J connectivity index is 1.50. The zero-order chi connectivity index (χ0) is 14.4. The minimum Gasteiger partial charge on any atom is -0.547 e. The van der Waals surface area contributed by atoms with Crippen molar-refractivity contribution >= 4 is 17.6 Å². The summed E-state index contributed by atoms with van der Waals surface area (Å²) >= 11 is 5.78. The van der Waals surface area contributed by atoms with Crippen molar-refractivity contribution in [2.45, 2.75) is 37.7 Å². The highest BCUT2D eigenvalue weighted by atomic mass is 35.5. The number of carboxylic acids is 1. The molecule has 0 amide bonds. The van der Waals surface area contributed by atoms with Gasteiger partial charge in [0.15, 0.2) is 0 Å². The van der Waals surface area contributed by atoms with Gasteiger partial charge in [0.2, 0.25) is 0 Å². The molecule has 0 radical (unpaired) electrons. The van der Waals surface area contributed by atoms with Crippen molar-refractivity contribution < 1.29 is 19.4 Å². The van der Waals surface area contributed by atoms with E-state index in [-0.39, 0.29) is 0 Å². The number of benzene rings is 1. The molecule has 110 valence electrons. The van der Waals surface area contributed by atoms with E-state index < -0.39 is 11.6 Å². The Morgan fingerprint density at radius 2 is 1.90 bits per heavy atom. The molecule has 0 aliphatic carbocycles. The first-order valence-electron chi connectivity index (χ1n) is 6.86. The quantitative estimate of drug-likeness (QED) is 0.518. The Hall–Kier alpha value is -1.26. The highest BCUT2D eigenvalue weighted by Crippen LogP contribution is 2.32. The molecule has 1 fully saturated rings. The van der Waals surface area contributed by atoms with Gasteiger partial charge in [-0.3, -0.25) is 0 Å². The lowest BCUT2D eigenvalue weighted by atomic mass is 10.0. The second kappa shape index (κ2) is 6.95. The topological polar surface area (TPSA) is 61.9 Å². The van der Waals surface area contributed by atoms with Gasteiger partial charge in [0.05, 0.1) is 19.2 Å². The van der Waals surface area contributed by atoms with Crippen LogP contribution in [0.1, 0.15) is 32.1 Å². The summed E-state index contributed by atoms with van der Waals surface area (Å²) in [4.78, 5) is 10.8. The van der Waals surface area contributed by atoms with E-state index in [1.54, 1.807) is 12.1 Å². The summed E-state index contributed by atoms with van der Waals surface area (Å²) in [6.07, 6.45) is 4.32. The molecule has 0 spiro atoms. The monoisotopic (exact) mass is 297 g/mol. The molecule has 1 saturated heterocycles. The maximum absolute atomic E-state index is 10.8. The molecule has 0 aromatic heterocycles. The Bertz CT molecular complexity index is 440. The first-order valence-corrected chi connectivity index (χ1v) is 7.24. The van der Waals surface area contributed by atoms with Crippen LogP contribution in [0, 0.1) is 0 Å². The van der Waals surface area contributed by atoms with Gasteiger partial charge in [0, 0.05) is 5.02 Å². The third-order valence-electron chi connectivity index (χ3n) is 3.42. The molecule has 5 heteroatoms. The number of aliphatic carboxylic acids is 1. The van der Waals surface area contributed by atoms with Gasteiger partial charge in [0.25, 0.3) is 0 Å². The number of carbonyl (C=O) groups is 1. The number of ether oxygens (including phenoxy) is 2. The number of rotatable bonds is 9. The molecule has 1 aromatic rings. The molecule has 1 aliphatic rings. The zero-order valence-electron chi connectivity index (χ0n) is 11.3. The largest absolute Gasteiger partial charge is 0.547 e. The minimum atomic E-state index is -1.08. The fraction of sp³-hybridized carbons (Fsp3) is 0.533. The maximum atomic E-state index is 10.8. The number of carbonyl (C=O) groups excluding carboxylic acids is 1. The second-order valence-corrected chi connectivity index (χ2v) is 5.47. The lowest BCUT2D eigenvalue weighted by molar-refractivity contribution is -0.312. The molecule has 0 unspecified atom stereocenters. The van der Waals surface area contributed by atoms with Gasteiger partial charge in [-0.1, -0.05) is 30.9 Å². The SMILES string of the molecule is O=C([O-])[C@]1(CCCCCCOc2ccc(Cl)cc2)CO1. The molecular formula is C15H18ClO4-. The van der Waals surface area contributed by atoms with Crippen LogP contribution in [0.2, 0.25) is 5.02 Å². The summed E-state index contributed by atoms with van der Waals surface area (Å²) in [5.41, 5.74) is -0.972. The third-order valence-corrected chi connectivity index (χ3v) is 3.67. The van der Waals surface area contributed by atoms with Crippen LogP contribution in [0.5, 0.6) is 5.75 Å². The summed E-state index contributed by atoms with van der Waals surface area (Å²) in [6.45, 7) is 0.957. The molecule has 2 rings (SSSR count). The van der Waals surface area contributed by atoms with E-state index in [0.29, 0.717) is 24.7 Å². The van der Waals surface area contributed by atoms with Gasteiger partial charge >= 0.3 is 0 Å². The van der Waals surface area contributed by atoms with Gasteiger partial charge in [-0.2, -0.15) is 0 Å². The molecule has 4 nitrogen and oxygen atoms in total. The Kier molecular flexibility index (Phi) is 5.26. The van der Waals surface area contributed by atoms with Gasteiger partial charge < -0.3 is 19.4 Å². The van der Waals surface area contributed by atoms with Gasteiger partial charge in [-0.05, 0) is 37.1 Å². The summed E-state index contributed by atoms with van der Waals surface area (Å²) in [5.74, 6) is -0.264. The van der Waals surface area contributed by atoms with Crippen molar-refractivity contribution in [1.29, 1.82) is 0 Å². The highest BCUT2D eigenvalue weighted by molar-refractivity contribution is 6.30. The standard InChI is InChI=1S/C15H19ClO4/c16-12-5-7-13(8-6-12)19-10-4-2-1-3-9-15(11-20-15)14(17)18/h5-8H,1-4,9-11H2,(H,17,18)/p-1/t15-/m0/s1. The smallest absolute Gasteiger partial charge is 0.131 e.